The Morgan fingerprint density at radius 1 is 1.12 bits per heavy atom. The molecule has 4 nitrogen and oxygen atoms in total. The highest BCUT2D eigenvalue weighted by Gasteiger charge is 2.31. The minimum atomic E-state index is -0.193. The molecule has 124 valence electrons. The van der Waals surface area contributed by atoms with E-state index in [0.717, 1.165) is 16.8 Å². The fraction of sp³-hybridized carbons (Fsp3) is 0.263. The molecule has 0 bridgehead atoms. The molecule has 1 atom stereocenters. The van der Waals surface area contributed by atoms with E-state index in [2.05, 4.69) is 5.32 Å². The highest BCUT2D eigenvalue weighted by atomic mass is 35.5. The molecule has 1 aliphatic heterocycles. The normalized spacial score (nSPS) is 17.2. The van der Waals surface area contributed by atoms with Crippen molar-refractivity contribution in [3.8, 4) is 0 Å². The van der Waals surface area contributed by atoms with Crippen molar-refractivity contribution in [2.75, 3.05) is 11.4 Å². The third kappa shape index (κ3) is 3.60. The Balaban J connectivity index is 1.69. The maximum Gasteiger partial charge on any atom is 0.251 e. The van der Waals surface area contributed by atoms with Gasteiger partial charge < -0.3 is 10.2 Å². The number of halogens is 1. The molecular formula is C19H19ClN2O2. The molecular weight excluding hydrogens is 324 g/mol. The van der Waals surface area contributed by atoms with E-state index in [1.807, 2.05) is 44.2 Å². The van der Waals surface area contributed by atoms with Crippen LogP contribution in [-0.4, -0.2) is 24.4 Å². The zero-order valence-electron chi connectivity index (χ0n) is 13.7. The summed E-state index contributed by atoms with van der Waals surface area (Å²) in [6, 6.07) is 12.7. The Hall–Kier alpha value is -2.33. The lowest BCUT2D eigenvalue weighted by atomic mass is 10.1. The largest absolute Gasteiger partial charge is 0.347 e. The van der Waals surface area contributed by atoms with E-state index in [9.17, 15) is 9.59 Å². The van der Waals surface area contributed by atoms with Crippen molar-refractivity contribution >= 4 is 29.1 Å². The van der Waals surface area contributed by atoms with E-state index in [4.69, 9.17) is 11.6 Å². The molecule has 2 aromatic carbocycles. The number of hydrogen-bond acceptors (Lipinski definition) is 2. The molecule has 0 radical (unpaired) electrons. The molecule has 2 aromatic rings. The van der Waals surface area contributed by atoms with Crippen molar-refractivity contribution in [2.24, 2.45) is 0 Å². The molecule has 2 amide bonds. The molecule has 5 heteroatoms. The van der Waals surface area contributed by atoms with Gasteiger partial charge in [0.05, 0.1) is 6.04 Å². The van der Waals surface area contributed by atoms with Gasteiger partial charge >= 0.3 is 0 Å². The van der Waals surface area contributed by atoms with Crippen LogP contribution in [0.3, 0.4) is 0 Å². The first-order valence-corrected chi connectivity index (χ1v) is 8.25. The quantitative estimate of drug-likeness (QED) is 0.928. The van der Waals surface area contributed by atoms with Crippen molar-refractivity contribution in [3.05, 3.63) is 64.2 Å². The average molecular weight is 343 g/mol. The van der Waals surface area contributed by atoms with Crippen molar-refractivity contribution in [2.45, 2.75) is 26.3 Å². The van der Waals surface area contributed by atoms with E-state index in [0.29, 0.717) is 23.6 Å². The van der Waals surface area contributed by atoms with Gasteiger partial charge in [-0.15, -0.1) is 0 Å². The summed E-state index contributed by atoms with van der Waals surface area (Å²) in [4.78, 5) is 26.4. The Labute approximate surface area is 146 Å². The number of nitrogens with zero attached hydrogens (tertiary/aromatic N) is 1. The van der Waals surface area contributed by atoms with E-state index in [-0.39, 0.29) is 17.9 Å². The average Bonchev–Trinajstić information content (AvgIpc) is 2.87. The molecule has 0 saturated carbocycles. The van der Waals surface area contributed by atoms with Gasteiger partial charge in [0.25, 0.3) is 5.91 Å². The maximum atomic E-state index is 12.4. The van der Waals surface area contributed by atoms with Gasteiger partial charge in [0.15, 0.2) is 0 Å². The smallest absolute Gasteiger partial charge is 0.251 e. The van der Waals surface area contributed by atoms with Crippen LogP contribution in [-0.2, 0) is 4.79 Å². The number of carbonyl (C=O) groups is 2. The van der Waals surface area contributed by atoms with Crippen LogP contribution in [0, 0.1) is 13.8 Å². The molecule has 1 N–H and O–H groups in total. The number of hydrogen-bond donors (Lipinski definition) is 1. The molecule has 24 heavy (non-hydrogen) atoms. The zero-order valence-corrected chi connectivity index (χ0v) is 14.4. The lowest BCUT2D eigenvalue weighted by molar-refractivity contribution is -0.117. The molecule has 3 rings (SSSR count). The number of nitrogens with one attached hydrogen (secondary N) is 1. The fourth-order valence-electron chi connectivity index (χ4n) is 3.05. The lowest BCUT2D eigenvalue weighted by Gasteiger charge is -2.17. The first-order chi connectivity index (χ1) is 11.4. The third-order valence-corrected chi connectivity index (χ3v) is 4.33. The van der Waals surface area contributed by atoms with Gasteiger partial charge in [0.2, 0.25) is 5.91 Å². The topological polar surface area (TPSA) is 49.4 Å². The van der Waals surface area contributed by atoms with E-state index in [1.54, 1.807) is 17.0 Å². The molecule has 1 aliphatic rings. The van der Waals surface area contributed by atoms with Crippen LogP contribution in [0.5, 0.6) is 0 Å². The van der Waals surface area contributed by atoms with Crippen LogP contribution in [0.15, 0.2) is 42.5 Å². The van der Waals surface area contributed by atoms with Crippen LogP contribution in [0.25, 0.3) is 0 Å². The van der Waals surface area contributed by atoms with E-state index < -0.39 is 0 Å². The number of benzene rings is 2. The van der Waals surface area contributed by atoms with Crippen molar-refractivity contribution in [1.82, 2.24) is 5.32 Å². The lowest BCUT2D eigenvalue weighted by Crippen LogP contribution is -2.37. The summed E-state index contributed by atoms with van der Waals surface area (Å²) in [5.74, 6) is -0.138. The summed E-state index contributed by atoms with van der Waals surface area (Å²) >= 11 is 5.89. The van der Waals surface area contributed by atoms with Gasteiger partial charge in [0.1, 0.15) is 0 Å². The van der Waals surface area contributed by atoms with Gasteiger partial charge in [-0.2, -0.15) is 0 Å². The summed E-state index contributed by atoms with van der Waals surface area (Å²) in [5, 5.41) is 3.59. The third-order valence-electron chi connectivity index (χ3n) is 4.08. The number of carbonyl (C=O) groups excluding carboxylic acids is 2. The van der Waals surface area contributed by atoms with Crippen LogP contribution in [0.1, 0.15) is 27.9 Å². The predicted octanol–water partition coefficient (Wildman–Crippen LogP) is 3.49. The van der Waals surface area contributed by atoms with Crippen molar-refractivity contribution < 1.29 is 9.59 Å². The van der Waals surface area contributed by atoms with Crippen molar-refractivity contribution in [3.63, 3.8) is 0 Å². The fourth-order valence-corrected chi connectivity index (χ4v) is 3.18. The van der Waals surface area contributed by atoms with Gasteiger partial charge in [-0.05, 0) is 50.2 Å². The van der Waals surface area contributed by atoms with Crippen LogP contribution < -0.4 is 10.2 Å². The van der Waals surface area contributed by atoms with E-state index in [1.165, 1.54) is 0 Å². The van der Waals surface area contributed by atoms with Crippen LogP contribution >= 0.6 is 11.6 Å². The monoisotopic (exact) mass is 342 g/mol. The summed E-state index contributed by atoms with van der Waals surface area (Å²) in [6.45, 7) is 4.40. The van der Waals surface area contributed by atoms with E-state index >= 15 is 0 Å². The predicted molar refractivity (Wildman–Crippen MR) is 95.6 cm³/mol. The highest BCUT2D eigenvalue weighted by molar-refractivity contribution is 6.30. The summed E-state index contributed by atoms with van der Waals surface area (Å²) in [5.41, 5.74) is 3.52. The standard InChI is InChI=1S/C19H19ClN2O2/c1-12-7-13(2)9-14(8-12)19(24)21-16-10-18(23)22(11-16)17-5-3-15(20)4-6-17/h3-9,16H,10-11H2,1-2H3,(H,21,24)/t16-/m0/s1. The highest BCUT2D eigenvalue weighted by Crippen LogP contribution is 2.23. The first kappa shape index (κ1) is 16.5. The first-order valence-electron chi connectivity index (χ1n) is 7.87. The number of aryl methyl sites for hydroxylation is 2. The molecule has 0 aliphatic carbocycles. The van der Waals surface area contributed by atoms with Crippen LogP contribution in [0.2, 0.25) is 5.02 Å². The summed E-state index contributed by atoms with van der Waals surface area (Å²) in [6.07, 6.45) is 0.305. The summed E-state index contributed by atoms with van der Waals surface area (Å²) in [7, 11) is 0. The number of rotatable bonds is 3. The molecule has 1 saturated heterocycles. The Morgan fingerprint density at radius 3 is 2.38 bits per heavy atom. The van der Waals surface area contributed by atoms with Gasteiger partial charge in [-0.25, -0.2) is 0 Å². The zero-order chi connectivity index (χ0) is 17.3. The number of anilines is 1. The summed E-state index contributed by atoms with van der Waals surface area (Å²) < 4.78 is 0. The second kappa shape index (κ2) is 6.65. The maximum absolute atomic E-state index is 12.4. The molecule has 1 heterocycles. The van der Waals surface area contributed by atoms with Crippen molar-refractivity contribution in [1.29, 1.82) is 0 Å². The van der Waals surface area contributed by atoms with Gasteiger partial charge in [-0.3, -0.25) is 9.59 Å². The van der Waals surface area contributed by atoms with Gasteiger partial charge in [-0.1, -0.05) is 28.8 Å². The Kier molecular flexibility index (Phi) is 4.58. The minimum Gasteiger partial charge on any atom is -0.347 e. The molecule has 0 aromatic heterocycles. The Bertz CT molecular complexity index is 766. The molecule has 1 fully saturated rings. The molecule has 0 unspecified atom stereocenters. The van der Waals surface area contributed by atoms with Gasteiger partial charge in [0, 0.05) is 29.2 Å². The molecule has 0 spiro atoms. The Morgan fingerprint density at radius 2 is 1.75 bits per heavy atom. The second-order valence-electron chi connectivity index (χ2n) is 6.23. The van der Waals surface area contributed by atoms with Crippen LogP contribution in [0.4, 0.5) is 5.69 Å². The number of amides is 2. The SMILES string of the molecule is Cc1cc(C)cc(C(=O)N[C@H]2CC(=O)N(c3ccc(Cl)cc3)C2)c1. The second-order valence-corrected chi connectivity index (χ2v) is 6.67. The minimum absolute atomic E-state index is 0.00282.